The second kappa shape index (κ2) is 4.49. The maximum absolute atomic E-state index is 13.9. The lowest BCUT2D eigenvalue weighted by atomic mass is 10.0. The van der Waals surface area contributed by atoms with Crippen LogP contribution in [0.5, 0.6) is 0 Å². The second-order valence-corrected chi connectivity index (χ2v) is 4.82. The molecule has 0 aliphatic heterocycles. The van der Waals surface area contributed by atoms with E-state index in [1.165, 1.54) is 12.1 Å². The number of H-pyrrole nitrogens is 1. The first-order valence-corrected chi connectivity index (χ1v) is 6.24. The first-order chi connectivity index (χ1) is 9.56. The van der Waals surface area contributed by atoms with E-state index in [0.717, 1.165) is 22.5 Å². The Morgan fingerprint density at radius 1 is 1.15 bits per heavy atom. The second-order valence-electron chi connectivity index (χ2n) is 4.82. The molecule has 1 heterocycles. The minimum atomic E-state index is -0.600. The molecule has 0 fully saturated rings. The van der Waals surface area contributed by atoms with E-state index in [-0.39, 0.29) is 11.3 Å². The fourth-order valence-corrected chi connectivity index (χ4v) is 2.28. The van der Waals surface area contributed by atoms with Crippen LogP contribution in [0.25, 0.3) is 10.9 Å². The van der Waals surface area contributed by atoms with E-state index in [1.807, 2.05) is 25.1 Å². The molecule has 0 radical (unpaired) electrons. The molecule has 3 aromatic rings. The summed E-state index contributed by atoms with van der Waals surface area (Å²) in [5, 5.41) is 0.797. The molecule has 0 atom stereocenters. The maximum atomic E-state index is 13.9. The van der Waals surface area contributed by atoms with Crippen LogP contribution in [0, 0.1) is 12.7 Å². The summed E-state index contributed by atoms with van der Waals surface area (Å²) in [6.07, 6.45) is 1.61. The van der Waals surface area contributed by atoms with Crippen molar-refractivity contribution in [1.29, 1.82) is 0 Å². The Bertz CT molecular complexity index is 820. The number of nitrogens with two attached hydrogens (primary N) is 1. The minimum Gasteiger partial charge on any atom is -0.399 e. The molecule has 3 N–H and O–H groups in total. The van der Waals surface area contributed by atoms with Gasteiger partial charge in [0, 0.05) is 28.4 Å². The summed E-state index contributed by atoms with van der Waals surface area (Å²) in [5.74, 6) is -0.948. The van der Waals surface area contributed by atoms with Gasteiger partial charge in [-0.2, -0.15) is 0 Å². The molecule has 0 aliphatic carbocycles. The number of aryl methyl sites for hydroxylation is 1. The zero-order chi connectivity index (χ0) is 14.3. The Kier molecular flexibility index (Phi) is 2.79. The highest BCUT2D eigenvalue weighted by Gasteiger charge is 2.17. The summed E-state index contributed by atoms with van der Waals surface area (Å²) >= 11 is 0. The van der Waals surface area contributed by atoms with E-state index in [1.54, 1.807) is 6.20 Å². The number of aromatic nitrogens is 1. The van der Waals surface area contributed by atoms with E-state index >= 15 is 0 Å². The predicted molar refractivity (Wildman–Crippen MR) is 77.3 cm³/mol. The number of benzene rings is 2. The summed E-state index contributed by atoms with van der Waals surface area (Å²) in [7, 11) is 0. The summed E-state index contributed by atoms with van der Waals surface area (Å²) in [6.45, 7) is 1.95. The molecule has 3 rings (SSSR count). The van der Waals surface area contributed by atoms with E-state index in [2.05, 4.69) is 4.98 Å². The van der Waals surface area contributed by atoms with Gasteiger partial charge < -0.3 is 10.7 Å². The third kappa shape index (κ3) is 1.95. The molecular weight excluding hydrogens is 255 g/mol. The fraction of sp³-hybridized carbons (Fsp3) is 0.0625. The number of hydrogen-bond donors (Lipinski definition) is 2. The number of aromatic amines is 1. The summed E-state index contributed by atoms with van der Waals surface area (Å²) in [6, 6.07) is 9.87. The first-order valence-electron chi connectivity index (χ1n) is 6.24. The van der Waals surface area contributed by atoms with Crippen LogP contribution in [0.4, 0.5) is 10.1 Å². The fourth-order valence-electron chi connectivity index (χ4n) is 2.28. The molecule has 100 valence electrons. The van der Waals surface area contributed by atoms with Crippen molar-refractivity contribution in [2.75, 3.05) is 5.73 Å². The average molecular weight is 268 g/mol. The van der Waals surface area contributed by atoms with Crippen molar-refractivity contribution in [2.45, 2.75) is 6.92 Å². The number of carbonyl (C=O) groups excluding carboxylic acids is 1. The van der Waals surface area contributed by atoms with E-state index in [0.29, 0.717) is 11.3 Å². The summed E-state index contributed by atoms with van der Waals surface area (Å²) in [4.78, 5) is 15.5. The van der Waals surface area contributed by atoms with Gasteiger partial charge in [-0.05, 0) is 37.3 Å². The summed E-state index contributed by atoms with van der Waals surface area (Å²) in [5.41, 5.74) is 8.20. The van der Waals surface area contributed by atoms with Crippen LogP contribution in [0.3, 0.4) is 0 Å². The number of ketones is 1. The highest BCUT2D eigenvalue weighted by Crippen LogP contribution is 2.24. The smallest absolute Gasteiger partial charge is 0.198 e. The normalized spacial score (nSPS) is 10.9. The molecule has 0 aliphatic rings. The number of rotatable bonds is 2. The molecule has 0 spiro atoms. The van der Waals surface area contributed by atoms with Gasteiger partial charge in [-0.25, -0.2) is 4.39 Å². The standard InChI is InChI=1S/C16H13FN2O/c1-9-2-5-15-12(6-9)13(8-19-15)16(20)11-4-3-10(18)7-14(11)17/h2-8,19H,18H2,1H3. The van der Waals surface area contributed by atoms with E-state index in [9.17, 15) is 9.18 Å². The lowest BCUT2D eigenvalue weighted by molar-refractivity contribution is 0.103. The lowest BCUT2D eigenvalue weighted by Gasteiger charge is -2.03. The number of anilines is 1. The minimum absolute atomic E-state index is 0.0293. The van der Waals surface area contributed by atoms with Crippen LogP contribution < -0.4 is 5.73 Å². The number of fused-ring (bicyclic) bond motifs is 1. The molecule has 1 aromatic heterocycles. The molecule has 0 saturated heterocycles. The van der Waals surface area contributed by atoms with Crippen molar-refractivity contribution in [1.82, 2.24) is 4.98 Å². The Hall–Kier alpha value is -2.62. The highest BCUT2D eigenvalue weighted by atomic mass is 19.1. The molecule has 20 heavy (non-hydrogen) atoms. The molecule has 3 nitrogen and oxygen atoms in total. The zero-order valence-electron chi connectivity index (χ0n) is 10.9. The Balaban J connectivity index is 2.15. The quantitative estimate of drug-likeness (QED) is 0.552. The number of carbonyl (C=O) groups is 1. The molecular formula is C16H13FN2O. The highest BCUT2D eigenvalue weighted by molar-refractivity contribution is 6.16. The molecule has 0 bridgehead atoms. The van der Waals surface area contributed by atoms with Crippen LogP contribution in [0.1, 0.15) is 21.5 Å². The van der Waals surface area contributed by atoms with Gasteiger partial charge in [0.05, 0.1) is 5.56 Å². The molecule has 4 heteroatoms. The van der Waals surface area contributed by atoms with Gasteiger partial charge in [0.15, 0.2) is 5.78 Å². The largest absolute Gasteiger partial charge is 0.399 e. The van der Waals surface area contributed by atoms with Gasteiger partial charge in [-0.15, -0.1) is 0 Å². The SMILES string of the molecule is Cc1ccc2[nH]cc(C(=O)c3ccc(N)cc3F)c2c1. The monoisotopic (exact) mass is 268 g/mol. The van der Waals surface area contributed by atoms with Crippen LogP contribution in [-0.2, 0) is 0 Å². The van der Waals surface area contributed by atoms with E-state index < -0.39 is 5.82 Å². The van der Waals surface area contributed by atoms with Crippen LogP contribution >= 0.6 is 0 Å². The van der Waals surface area contributed by atoms with Crippen molar-refractivity contribution in [3.05, 3.63) is 65.1 Å². The van der Waals surface area contributed by atoms with Gasteiger partial charge in [0.2, 0.25) is 0 Å². The third-order valence-electron chi connectivity index (χ3n) is 3.32. The molecule has 0 saturated carbocycles. The zero-order valence-corrected chi connectivity index (χ0v) is 10.9. The number of hydrogen-bond acceptors (Lipinski definition) is 2. The van der Waals surface area contributed by atoms with Crippen molar-refractivity contribution in [3.63, 3.8) is 0 Å². The Labute approximate surface area is 115 Å². The summed E-state index contributed by atoms with van der Waals surface area (Å²) < 4.78 is 13.9. The molecule has 0 unspecified atom stereocenters. The van der Waals surface area contributed by atoms with Crippen molar-refractivity contribution < 1.29 is 9.18 Å². The number of nitrogens with one attached hydrogen (secondary N) is 1. The van der Waals surface area contributed by atoms with Crippen molar-refractivity contribution in [3.8, 4) is 0 Å². The topological polar surface area (TPSA) is 58.9 Å². The van der Waals surface area contributed by atoms with Gasteiger partial charge in [0.1, 0.15) is 5.82 Å². The van der Waals surface area contributed by atoms with Gasteiger partial charge in [0.25, 0.3) is 0 Å². The van der Waals surface area contributed by atoms with Gasteiger partial charge >= 0.3 is 0 Å². The van der Waals surface area contributed by atoms with Crippen LogP contribution in [0.15, 0.2) is 42.6 Å². The number of halogens is 1. The maximum Gasteiger partial charge on any atom is 0.198 e. The van der Waals surface area contributed by atoms with Crippen LogP contribution in [-0.4, -0.2) is 10.8 Å². The first kappa shape index (κ1) is 12.4. The predicted octanol–water partition coefficient (Wildman–Crippen LogP) is 3.43. The third-order valence-corrected chi connectivity index (χ3v) is 3.32. The van der Waals surface area contributed by atoms with Gasteiger partial charge in [-0.1, -0.05) is 11.6 Å². The Morgan fingerprint density at radius 2 is 1.95 bits per heavy atom. The Morgan fingerprint density at radius 3 is 2.70 bits per heavy atom. The average Bonchev–Trinajstić information content (AvgIpc) is 2.81. The molecule has 0 amide bonds. The van der Waals surface area contributed by atoms with Crippen molar-refractivity contribution >= 4 is 22.4 Å². The van der Waals surface area contributed by atoms with E-state index in [4.69, 9.17) is 5.73 Å². The lowest BCUT2D eigenvalue weighted by Crippen LogP contribution is -2.04. The number of nitrogen functional groups attached to an aromatic ring is 1. The van der Waals surface area contributed by atoms with Crippen LogP contribution in [0.2, 0.25) is 0 Å². The van der Waals surface area contributed by atoms with Gasteiger partial charge in [-0.3, -0.25) is 4.79 Å². The van der Waals surface area contributed by atoms with Crippen molar-refractivity contribution in [2.24, 2.45) is 0 Å². The molecule has 2 aromatic carbocycles.